The molecule has 2 aromatic heterocycles. The van der Waals surface area contributed by atoms with E-state index in [2.05, 4.69) is 15.0 Å². The van der Waals surface area contributed by atoms with Gasteiger partial charge in [0.05, 0.1) is 18.2 Å². The van der Waals surface area contributed by atoms with Crippen LogP contribution in [0.25, 0.3) is 11.5 Å². The Morgan fingerprint density at radius 1 is 1.10 bits per heavy atom. The van der Waals surface area contributed by atoms with Gasteiger partial charge in [-0.15, -0.1) is 0 Å². The molecule has 0 unspecified atom stereocenters. The van der Waals surface area contributed by atoms with Crippen LogP contribution in [0.5, 0.6) is 5.75 Å². The SMILES string of the molecule is Cc1oc(-c2ccccc2)nc1CCOc1ccc(C[C@@H]2C[C@@H](C(=O)O)CN2c2nccc(C(F)(F)F)n2)cc1. The minimum atomic E-state index is -4.62. The molecule has 2 atom stereocenters. The van der Waals surface area contributed by atoms with Crippen LogP contribution in [-0.2, 0) is 23.8 Å². The summed E-state index contributed by atoms with van der Waals surface area (Å²) in [6.45, 7) is 2.30. The van der Waals surface area contributed by atoms with E-state index < -0.39 is 23.8 Å². The maximum atomic E-state index is 13.2. The van der Waals surface area contributed by atoms with Crippen molar-refractivity contribution >= 4 is 11.9 Å². The van der Waals surface area contributed by atoms with Gasteiger partial charge in [0.1, 0.15) is 17.2 Å². The zero-order chi connectivity index (χ0) is 28.3. The Morgan fingerprint density at radius 3 is 2.55 bits per heavy atom. The van der Waals surface area contributed by atoms with Gasteiger partial charge < -0.3 is 19.2 Å². The van der Waals surface area contributed by atoms with Crippen LogP contribution in [0.4, 0.5) is 19.1 Å². The van der Waals surface area contributed by atoms with Crippen molar-refractivity contribution in [3.63, 3.8) is 0 Å². The van der Waals surface area contributed by atoms with Gasteiger partial charge in [-0.3, -0.25) is 4.79 Å². The number of aryl methyl sites for hydroxylation is 1. The summed E-state index contributed by atoms with van der Waals surface area (Å²) in [5.74, 6) is 0.111. The maximum absolute atomic E-state index is 13.2. The Morgan fingerprint density at radius 2 is 1.85 bits per heavy atom. The second-order valence-corrected chi connectivity index (χ2v) is 9.65. The number of benzene rings is 2. The lowest BCUT2D eigenvalue weighted by Crippen LogP contribution is -2.33. The van der Waals surface area contributed by atoms with Gasteiger partial charge in [0.15, 0.2) is 0 Å². The van der Waals surface area contributed by atoms with Gasteiger partial charge in [0.2, 0.25) is 11.8 Å². The number of halogens is 3. The van der Waals surface area contributed by atoms with Gasteiger partial charge in [-0.05, 0) is 55.7 Å². The topological polar surface area (TPSA) is 102 Å². The predicted molar refractivity (Wildman–Crippen MR) is 140 cm³/mol. The second-order valence-electron chi connectivity index (χ2n) is 9.65. The zero-order valence-electron chi connectivity index (χ0n) is 21.6. The number of anilines is 1. The number of oxazole rings is 1. The van der Waals surface area contributed by atoms with Gasteiger partial charge in [-0.25, -0.2) is 15.0 Å². The van der Waals surface area contributed by atoms with Crippen molar-refractivity contribution in [2.45, 2.75) is 38.4 Å². The largest absolute Gasteiger partial charge is 0.493 e. The Kier molecular flexibility index (Phi) is 7.72. The van der Waals surface area contributed by atoms with Crippen molar-refractivity contribution in [1.82, 2.24) is 15.0 Å². The molecule has 40 heavy (non-hydrogen) atoms. The third-order valence-electron chi connectivity index (χ3n) is 6.87. The smallest absolute Gasteiger partial charge is 0.433 e. The van der Waals surface area contributed by atoms with E-state index in [4.69, 9.17) is 9.15 Å². The molecule has 2 aromatic carbocycles. The lowest BCUT2D eigenvalue weighted by Gasteiger charge is -2.25. The molecule has 0 saturated carbocycles. The van der Waals surface area contributed by atoms with Crippen molar-refractivity contribution < 1.29 is 32.2 Å². The first kappa shape index (κ1) is 27.2. The number of carbonyl (C=O) groups is 1. The minimum Gasteiger partial charge on any atom is -0.493 e. The lowest BCUT2D eigenvalue weighted by atomic mass is 10.00. The number of carboxylic acid groups (broad SMARTS) is 1. The first-order chi connectivity index (χ1) is 19.2. The Balaban J connectivity index is 1.21. The molecule has 0 spiro atoms. The van der Waals surface area contributed by atoms with E-state index in [1.165, 1.54) is 0 Å². The Labute approximate surface area is 228 Å². The number of hydrogen-bond acceptors (Lipinski definition) is 7. The molecule has 3 heterocycles. The quantitative estimate of drug-likeness (QED) is 0.286. The van der Waals surface area contributed by atoms with Crippen LogP contribution >= 0.6 is 0 Å². The third-order valence-corrected chi connectivity index (χ3v) is 6.87. The fourth-order valence-corrected chi connectivity index (χ4v) is 4.80. The standard InChI is InChI=1S/C29H27F3N4O4/c1-18-24(34-26(40-18)20-5-3-2-4-6-20)12-14-39-23-9-7-19(8-10-23)15-22-16-21(27(37)38)17-36(22)28-33-13-11-25(35-28)29(30,31)32/h2-11,13,21-22H,12,14-17H2,1H3,(H,37,38)/t21-,22-/m1/s1. The van der Waals surface area contributed by atoms with Crippen molar-refractivity contribution in [2.75, 3.05) is 18.1 Å². The summed E-state index contributed by atoms with van der Waals surface area (Å²) < 4.78 is 51.3. The highest BCUT2D eigenvalue weighted by molar-refractivity contribution is 5.72. The number of aromatic nitrogens is 3. The van der Waals surface area contributed by atoms with E-state index >= 15 is 0 Å². The number of alkyl halides is 3. The van der Waals surface area contributed by atoms with Crippen LogP contribution in [-0.4, -0.2) is 45.2 Å². The molecule has 0 aliphatic carbocycles. The van der Waals surface area contributed by atoms with Crippen LogP contribution < -0.4 is 9.64 Å². The molecule has 11 heteroatoms. The van der Waals surface area contributed by atoms with Crippen molar-refractivity contribution in [3.8, 4) is 17.2 Å². The normalized spacial score (nSPS) is 17.2. The molecule has 4 aromatic rings. The van der Waals surface area contributed by atoms with Gasteiger partial charge in [0.25, 0.3) is 0 Å². The molecule has 0 amide bonds. The summed E-state index contributed by atoms with van der Waals surface area (Å²) in [5, 5.41) is 9.55. The molecular formula is C29H27F3N4O4. The van der Waals surface area contributed by atoms with E-state index in [9.17, 15) is 23.1 Å². The summed E-state index contributed by atoms with van der Waals surface area (Å²) in [7, 11) is 0. The molecule has 1 saturated heterocycles. The minimum absolute atomic E-state index is 0.0377. The van der Waals surface area contributed by atoms with Crippen molar-refractivity contribution in [2.24, 2.45) is 5.92 Å². The highest BCUT2D eigenvalue weighted by Gasteiger charge is 2.39. The van der Waals surface area contributed by atoms with E-state index in [1.54, 1.807) is 4.90 Å². The van der Waals surface area contributed by atoms with Gasteiger partial charge >= 0.3 is 12.1 Å². The molecule has 5 rings (SSSR count). The number of nitrogens with zero attached hydrogens (tertiary/aromatic N) is 4. The van der Waals surface area contributed by atoms with Crippen LogP contribution in [0, 0.1) is 12.8 Å². The number of rotatable bonds is 9. The highest BCUT2D eigenvalue weighted by atomic mass is 19.4. The van der Waals surface area contributed by atoms with E-state index in [0.717, 1.165) is 34.8 Å². The molecule has 208 valence electrons. The van der Waals surface area contributed by atoms with Gasteiger partial charge in [0, 0.05) is 30.8 Å². The summed E-state index contributed by atoms with van der Waals surface area (Å²) in [6.07, 6.45) is -2.31. The first-order valence-corrected chi connectivity index (χ1v) is 12.8. The average molecular weight is 553 g/mol. The molecule has 1 aliphatic rings. The first-order valence-electron chi connectivity index (χ1n) is 12.8. The zero-order valence-corrected chi connectivity index (χ0v) is 21.6. The number of carboxylic acids is 1. The molecule has 1 N–H and O–H groups in total. The van der Waals surface area contributed by atoms with Crippen molar-refractivity contribution in [1.29, 1.82) is 0 Å². The Bertz CT molecular complexity index is 1460. The molecule has 0 radical (unpaired) electrons. The third kappa shape index (κ3) is 6.24. The molecule has 0 bridgehead atoms. The van der Waals surface area contributed by atoms with Crippen LogP contribution in [0.2, 0.25) is 0 Å². The summed E-state index contributed by atoms with van der Waals surface area (Å²) in [6, 6.07) is 17.4. The van der Waals surface area contributed by atoms with E-state index in [1.807, 2.05) is 61.5 Å². The maximum Gasteiger partial charge on any atom is 0.433 e. The fraction of sp³-hybridized carbons (Fsp3) is 0.310. The predicted octanol–water partition coefficient (Wildman–Crippen LogP) is 5.60. The summed E-state index contributed by atoms with van der Waals surface area (Å²) >= 11 is 0. The average Bonchev–Trinajstić information content (AvgIpc) is 3.53. The fourth-order valence-electron chi connectivity index (χ4n) is 4.80. The van der Waals surface area contributed by atoms with E-state index in [-0.39, 0.29) is 25.0 Å². The van der Waals surface area contributed by atoms with Gasteiger partial charge in [-0.2, -0.15) is 13.2 Å². The Hall–Kier alpha value is -4.41. The summed E-state index contributed by atoms with van der Waals surface area (Å²) in [5.41, 5.74) is 1.55. The van der Waals surface area contributed by atoms with Crippen LogP contribution in [0.15, 0.2) is 71.3 Å². The number of ether oxygens (including phenoxy) is 1. The highest BCUT2D eigenvalue weighted by Crippen LogP contribution is 2.33. The second kappa shape index (κ2) is 11.4. The number of aliphatic carboxylic acids is 1. The number of hydrogen-bond donors (Lipinski definition) is 1. The molecule has 8 nitrogen and oxygen atoms in total. The molecule has 1 aliphatic heterocycles. The monoisotopic (exact) mass is 552 g/mol. The van der Waals surface area contributed by atoms with Crippen LogP contribution in [0.3, 0.4) is 0 Å². The van der Waals surface area contributed by atoms with Crippen LogP contribution in [0.1, 0.15) is 29.1 Å². The molecular weight excluding hydrogens is 525 g/mol. The van der Waals surface area contributed by atoms with E-state index in [0.29, 0.717) is 31.1 Å². The summed E-state index contributed by atoms with van der Waals surface area (Å²) in [4.78, 5) is 25.5. The van der Waals surface area contributed by atoms with Gasteiger partial charge in [-0.1, -0.05) is 30.3 Å². The van der Waals surface area contributed by atoms with Crippen molar-refractivity contribution in [3.05, 3.63) is 89.6 Å². The molecule has 1 fully saturated rings. The lowest BCUT2D eigenvalue weighted by molar-refractivity contribution is -0.142.